The fourth-order valence-electron chi connectivity index (χ4n) is 0.818. The van der Waals surface area contributed by atoms with Crippen molar-refractivity contribution in [3.05, 3.63) is 0 Å². The Bertz CT molecular complexity index is 274. The van der Waals surface area contributed by atoms with E-state index in [-0.39, 0.29) is 0 Å². The number of hydrogen-bond donors (Lipinski definition) is 0. The molecule has 0 atom stereocenters. The standard InChI is InChI=1S/C6H3F11O/c1-18-4(11,2(7,8)5(12,13)14)3(9,10)6(15,16)17/h1H3. The zero-order chi connectivity index (χ0) is 15.2. The summed E-state index contributed by atoms with van der Waals surface area (Å²) < 4.78 is 135. The van der Waals surface area contributed by atoms with Crippen molar-refractivity contribution < 1.29 is 53.0 Å². The van der Waals surface area contributed by atoms with Gasteiger partial charge in [0.1, 0.15) is 0 Å². The third-order valence-electron chi connectivity index (χ3n) is 1.80. The molecular formula is C6H3F11O. The summed E-state index contributed by atoms with van der Waals surface area (Å²) in [5.74, 6) is -20.8. The van der Waals surface area contributed by atoms with Crippen LogP contribution < -0.4 is 0 Å². The van der Waals surface area contributed by atoms with Gasteiger partial charge in [-0.2, -0.15) is 48.3 Å². The fourth-order valence-corrected chi connectivity index (χ4v) is 0.818. The Morgan fingerprint density at radius 1 is 0.556 bits per heavy atom. The number of rotatable bonds is 3. The highest BCUT2D eigenvalue weighted by Crippen LogP contribution is 2.56. The van der Waals surface area contributed by atoms with Crippen LogP contribution in [0.25, 0.3) is 0 Å². The number of hydrogen-bond acceptors (Lipinski definition) is 1. The highest BCUT2D eigenvalue weighted by Gasteiger charge is 2.87. The first-order valence-corrected chi connectivity index (χ1v) is 3.69. The predicted octanol–water partition coefficient (Wildman–Crippen LogP) is 3.69. The van der Waals surface area contributed by atoms with Crippen molar-refractivity contribution in [3.63, 3.8) is 0 Å². The summed E-state index contributed by atoms with van der Waals surface area (Å²) in [5.41, 5.74) is 0. The molecule has 0 fully saturated rings. The van der Waals surface area contributed by atoms with Crippen LogP contribution in [0.2, 0.25) is 0 Å². The first kappa shape index (κ1) is 17.2. The van der Waals surface area contributed by atoms with Gasteiger partial charge >= 0.3 is 30.1 Å². The lowest BCUT2D eigenvalue weighted by Crippen LogP contribution is -2.68. The van der Waals surface area contributed by atoms with Crippen LogP contribution in [0.4, 0.5) is 48.3 Å². The van der Waals surface area contributed by atoms with E-state index in [1.165, 1.54) is 0 Å². The van der Waals surface area contributed by atoms with E-state index in [1.807, 2.05) is 0 Å². The molecule has 0 aliphatic carbocycles. The van der Waals surface area contributed by atoms with Crippen LogP contribution in [0.1, 0.15) is 0 Å². The third kappa shape index (κ3) is 2.10. The number of ether oxygens (including phenoxy) is 1. The van der Waals surface area contributed by atoms with E-state index < -0.39 is 37.2 Å². The maximum Gasteiger partial charge on any atom is 0.459 e. The van der Waals surface area contributed by atoms with Gasteiger partial charge in [-0.25, -0.2) is 0 Å². The number of halogens is 11. The molecule has 0 rings (SSSR count). The Kier molecular flexibility index (Phi) is 3.91. The lowest BCUT2D eigenvalue weighted by Gasteiger charge is -2.38. The zero-order valence-corrected chi connectivity index (χ0v) is 8.07. The van der Waals surface area contributed by atoms with Crippen molar-refractivity contribution in [2.45, 2.75) is 30.1 Å². The minimum Gasteiger partial charge on any atom is -0.339 e. The average Bonchev–Trinajstić information content (AvgIpc) is 2.12. The van der Waals surface area contributed by atoms with Crippen molar-refractivity contribution in [2.75, 3.05) is 7.11 Å². The van der Waals surface area contributed by atoms with Crippen LogP contribution in [-0.2, 0) is 4.74 Å². The summed E-state index contributed by atoms with van der Waals surface area (Å²) in [6.45, 7) is 0. The molecule has 0 aromatic carbocycles. The molecule has 0 N–H and O–H groups in total. The van der Waals surface area contributed by atoms with Crippen LogP contribution in [0, 0.1) is 0 Å². The van der Waals surface area contributed by atoms with Crippen LogP contribution in [0.3, 0.4) is 0 Å². The van der Waals surface area contributed by atoms with E-state index in [9.17, 15) is 48.3 Å². The van der Waals surface area contributed by atoms with E-state index in [0.717, 1.165) is 0 Å². The van der Waals surface area contributed by atoms with Gasteiger partial charge in [-0.3, -0.25) is 0 Å². The molecule has 0 aliphatic heterocycles. The first-order valence-electron chi connectivity index (χ1n) is 3.69. The van der Waals surface area contributed by atoms with Gasteiger partial charge < -0.3 is 4.74 Å². The molecular weight excluding hydrogens is 297 g/mol. The maximum absolute atomic E-state index is 12.9. The molecule has 0 saturated heterocycles. The lowest BCUT2D eigenvalue weighted by atomic mass is 10.0. The molecule has 0 bridgehead atoms. The van der Waals surface area contributed by atoms with E-state index >= 15 is 0 Å². The summed E-state index contributed by atoms with van der Waals surface area (Å²) in [7, 11) is -0.473. The molecule has 0 spiro atoms. The number of methoxy groups -OCH3 is 1. The second-order valence-electron chi connectivity index (χ2n) is 2.94. The van der Waals surface area contributed by atoms with Crippen molar-refractivity contribution >= 4 is 0 Å². The molecule has 0 aromatic heterocycles. The SMILES string of the molecule is COC(F)(C(F)(F)C(F)(F)F)C(F)(F)C(F)(F)F. The molecule has 0 saturated carbocycles. The lowest BCUT2D eigenvalue weighted by molar-refractivity contribution is -0.462. The van der Waals surface area contributed by atoms with Gasteiger partial charge in [-0.1, -0.05) is 0 Å². The quantitative estimate of drug-likeness (QED) is 0.722. The van der Waals surface area contributed by atoms with Crippen molar-refractivity contribution in [1.82, 2.24) is 0 Å². The van der Waals surface area contributed by atoms with Crippen molar-refractivity contribution in [3.8, 4) is 0 Å². The molecule has 18 heavy (non-hydrogen) atoms. The normalized spacial score (nSPS) is 16.0. The second-order valence-corrected chi connectivity index (χ2v) is 2.94. The summed E-state index contributed by atoms with van der Waals surface area (Å²) in [4.78, 5) is 0. The Hall–Kier alpha value is -0.810. The predicted molar refractivity (Wildman–Crippen MR) is 32.9 cm³/mol. The molecule has 0 unspecified atom stereocenters. The van der Waals surface area contributed by atoms with E-state index in [2.05, 4.69) is 4.74 Å². The van der Waals surface area contributed by atoms with Gasteiger partial charge in [0.05, 0.1) is 0 Å². The summed E-state index contributed by atoms with van der Waals surface area (Å²) in [6.07, 6.45) is -14.0. The minimum atomic E-state index is -7.08. The van der Waals surface area contributed by atoms with Crippen LogP contribution >= 0.6 is 0 Å². The van der Waals surface area contributed by atoms with Crippen LogP contribution in [0.5, 0.6) is 0 Å². The molecule has 0 aromatic rings. The minimum absolute atomic E-state index is 0.473. The molecule has 12 heteroatoms. The smallest absolute Gasteiger partial charge is 0.339 e. The monoisotopic (exact) mass is 300 g/mol. The second kappa shape index (κ2) is 4.10. The van der Waals surface area contributed by atoms with Crippen molar-refractivity contribution in [2.24, 2.45) is 0 Å². The average molecular weight is 300 g/mol. The Balaban J connectivity index is 5.96. The van der Waals surface area contributed by atoms with Crippen LogP contribution in [-0.4, -0.2) is 37.2 Å². The molecule has 0 heterocycles. The largest absolute Gasteiger partial charge is 0.459 e. The third-order valence-corrected chi connectivity index (χ3v) is 1.80. The highest BCUT2D eigenvalue weighted by atomic mass is 19.4. The summed E-state index contributed by atoms with van der Waals surface area (Å²) in [6, 6.07) is 0. The molecule has 0 radical (unpaired) electrons. The maximum atomic E-state index is 12.9. The molecule has 1 nitrogen and oxygen atoms in total. The molecule has 110 valence electrons. The summed E-state index contributed by atoms with van der Waals surface area (Å²) >= 11 is 0. The van der Waals surface area contributed by atoms with Crippen LogP contribution in [0.15, 0.2) is 0 Å². The van der Waals surface area contributed by atoms with E-state index in [4.69, 9.17) is 0 Å². The van der Waals surface area contributed by atoms with Gasteiger partial charge in [-0.05, 0) is 0 Å². The topological polar surface area (TPSA) is 9.23 Å². The fraction of sp³-hybridized carbons (Fsp3) is 1.00. The van der Waals surface area contributed by atoms with E-state index in [1.54, 1.807) is 0 Å². The van der Waals surface area contributed by atoms with Gasteiger partial charge in [0.25, 0.3) is 0 Å². The Morgan fingerprint density at radius 3 is 0.889 bits per heavy atom. The Labute approximate surface area is 91.5 Å². The van der Waals surface area contributed by atoms with Crippen molar-refractivity contribution in [1.29, 1.82) is 0 Å². The Morgan fingerprint density at radius 2 is 0.778 bits per heavy atom. The van der Waals surface area contributed by atoms with E-state index in [0.29, 0.717) is 0 Å². The van der Waals surface area contributed by atoms with Gasteiger partial charge in [-0.15, -0.1) is 0 Å². The molecule has 0 aliphatic rings. The number of alkyl halides is 11. The summed E-state index contributed by atoms with van der Waals surface area (Å²) in [5, 5.41) is 0. The highest BCUT2D eigenvalue weighted by molar-refractivity contribution is 5.04. The zero-order valence-electron chi connectivity index (χ0n) is 8.07. The van der Waals surface area contributed by atoms with Gasteiger partial charge in [0, 0.05) is 7.11 Å². The van der Waals surface area contributed by atoms with Gasteiger partial charge in [0.15, 0.2) is 0 Å². The van der Waals surface area contributed by atoms with Gasteiger partial charge in [0.2, 0.25) is 0 Å². The molecule has 0 amide bonds. The first-order chi connectivity index (χ1) is 7.56.